The van der Waals surface area contributed by atoms with Crippen LogP contribution in [0.1, 0.15) is 5.56 Å². The molecule has 2 aromatic carbocycles. The molecule has 3 rings (SSSR count). The Kier molecular flexibility index (Phi) is 2.80. The van der Waals surface area contributed by atoms with Gasteiger partial charge in [0.2, 0.25) is 0 Å². The first kappa shape index (κ1) is 11.5. The van der Waals surface area contributed by atoms with Crippen molar-refractivity contribution in [2.24, 2.45) is 0 Å². The summed E-state index contributed by atoms with van der Waals surface area (Å²) in [6.45, 7) is 2.06. The summed E-state index contributed by atoms with van der Waals surface area (Å²) in [6.07, 6.45) is 1.94. The van der Waals surface area contributed by atoms with Crippen LogP contribution in [-0.4, -0.2) is 14.9 Å². The molecule has 0 fully saturated rings. The van der Waals surface area contributed by atoms with Gasteiger partial charge in [0, 0.05) is 11.8 Å². The smallest absolute Gasteiger partial charge is 0.115 e. The van der Waals surface area contributed by atoms with Crippen LogP contribution in [0.4, 0.5) is 0 Å². The fraction of sp³-hybridized carbons (Fsp3) is 0.0625. The number of hydrogen-bond acceptors (Lipinski definition) is 2. The Hall–Kier alpha value is -2.55. The topological polar surface area (TPSA) is 38.0 Å². The van der Waals surface area contributed by atoms with E-state index in [1.807, 2.05) is 41.2 Å². The predicted octanol–water partition coefficient (Wildman–Crippen LogP) is 3.55. The van der Waals surface area contributed by atoms with Crippen molar-refractivity contribution in [2.45, 2.75) is 6.92 Å². The lowest BCUT2D eigenvalue weighted by molar-refractivity contribution is 0.475. The molecule has 0 spiro atoms. The molecule has 0 radical (unpaired) electrons. The minimum atomic E-state index is 0.265. The van der Waals surface area contributed by atoms with Gasteiger partial charge in [0.25, 0.3) is 0 Å². The van der Waals surface area contributed by atoms with Crippen LogP contribution in [0.15, 0.2) is 60.8 Å². The van der Waals surface area contributed by atoms with Gasteiger partial charge in [0.15, 0.2) is 0 Å². The molecule has 0 aliphatic rings. The van der Waals surface area contributed by atoms with Crippen LogP contribution in [-0.2, 0) is 0 Å². The van der Waals surface area contributed by atoms with Crippen molar-refractivity contribution < 1.29 is 5.11 Å². The van der Waals surface area contributed by atoms with Crippen molar-refractivity contribution in [3.05, 3.63) is 66.4 Å². The highest BCUT2D eigenvalue weighted by molar-refractivity contribution is 5.59. The molecular weight excluding hydrogens is 236 g/mol. The number of hydrogen-bond donors (Lipinski definition) is 1. The second kappa shape index (κ2) is 4.61. The van der Waals surface area contributed by atoms with Crippen molar-refractivity contribution in [3.63, 3.8) is 0 Å². The van der Waals surface area contributed by atoms with Crippen LogP contribution in [0, 0.1) is 6.92 Å². The van der Waals surface area contributed by atoms with E-state index in [4.69, 9.17) is 0 Å². The zero-order valence-electron chi connectivity index (χ0n) is 10.6. The summed E-state index contributed by atoms with van der Waals surface area (Å²) in [5.74, 6) is 0.265. The fourth-order valence-corrected chi connectivity index (χ4v) is 1.95. The van der Waals surface area contributed by atoms with Crippen LogP contribution < -0.4 is 0 Å². The molecule has 0 aliphatic heterocycles. The normalized spacial score (nSPS) is 10.6. The highest BCUT2D eigenvalue weighted by Gasteiger charge is 2.03. The lowest BCUT2D eigenvalue weighted by atomic mass is 10.1. The molecule has 0 saturated heterocycles. The van der Waals surface area contributed by atoms with E-state index in [1.165, 1.54) is 5.56 Å². The van der Waals surface area contributed by atoms with E-state index in [0.717, 1.165) is 16.9 Å². The first-order valence-corrected chi connectivity index (χ1v) is 6.14. The highest BCUT2D eigenvalue weighted by Crippen LogP contribution is 2.21. The zero-order valence-corrected chi connectivity index (χ0v) is 10.6. The second-order valence-corrected chi connectivity index (χ2v) is 4.53. The van der Waals surface area contributed by atoms with E-state index in [-0.39, 0.29) is 5.75 Å². The third-order valence-corrected chi connectivity index (χ3v) is 3.05. The van der Waals surface area contributed by atoms with Crippen LogP contribution in [0.3, 0.4) is 0 Å². The zero-order chi connectivity index (χ0) is 13.2. The molecule has 1 heterocycles. The second-order valence-electron chi connectivity index (χ2n) is 4.53. The average Bonchev–Trinajstić information content (AvgIpc) is 2.90. The lowest BCUT2D eigenvalue weighted by Gasteiger charge is -2.01. The fourth-order valence-electron chi connectivity index (χ4n) is 1.95. The predicted molar refractivity (Wildman–Crippen MR) is 75.4 cm³/mol. The molecule has 0 saturated carbocycles. The molecule has 3 nitrogen and oxygen atoms in total. The molecule has 0 amide bonds. The van der Waals surface area contributed by atoms with Crippen LogP contribution in [0.25, 0.3) is 16.9 Å². The van der Waals surface area contributed by atoms with E-state index < -0.39 is 0 Å². The van der Waals surface area contributed by atoms with Gasteiger partial charge in [0.05, 0.1) is 11.4 Å². The van der Waals surface area contributed by atoms with Gasteiger partial charge in [-0.1, -0.05) is 17.7 Å². The summed E-state index contributed by atoms with van der Waals surface area (Å²) >= 11 is 0. The number of nitrogens with zero attached hydrogens (tertiary/aromatic N) is 2. The Morgan fingerprint density at radius 3 is 2.26 bits per heavy atom. The first-order chi connectivity index (χ1) is 9.22. The van der Waals surface area contributed by atoms with E-state index in [9.17, 15) is 5.11 Å². The molecule has 3 heteroatoms. The van der Waals surface area contributed by atoms with Gasteiger partial charge in [-0.3, -0.25) is 0 Å². The monoisotopic (exact) mass is 250 g/mol. The Bertz CT molecular complexity index is 622. The van der Waals surface area contributed by atoms with Crippen molar-refractivity contribution in [1.82, 2.24) is 9.78 Å². The largest absolute Gasteiger partial charge is 0.508 e. The Labute approximate surface area is 111 Å². The summed E-state index contributed by atoms with van der Waals surface area (Å²) in [6, 6.07) is 17.2. The molecule has 1 aromatic heterocycles. The number of aryl methyl sites for hydroxylation is 1. The van der Waals surface area contributed by atoms with Gasteiger partial charge in [-0.2, -0.15) is 5.10 Å². The van der Waals surface area contributed by atoms with Crippen molar-refractivity contribution in [3.8, 4) is 22.7 Å². The van der Waals surface area contributed by atoms with Gasteiger partial charge in [0.1, 0.15) is 5.75 Å². The van der Waals surface area contributed by atoms with Crippen LogP contribution in [0.5, 0.6) is 5.75 Å². The molecule has 0 aliphatic carbocycles. The molecule has 3 aromatic rings. The van der Waals surface area contributed by atoms with Crippen molar-refractivity contribution in [1.29, 1.82) is 0 Å². The molecule has 0 unspecified atom stereocenters. The number of aromatic nitrogens is 2. The van der Waals surface area contributed by atoms with Crippen molar-refractivity contribution in [2.75, 3.05) is 0 Å². The van der Waals surface area contributed by atoms with Crippen molar-refractivity contribution >= 4 is 0 Å². The number of rotatable bonds is 2. The van der Waals surface area contributed by atoms with Crippen LogP contribution >= 0.6 is 0 Å². The number of aromatic hydroxyl groups is 1. The Morgan fingerprint density at radius 2 is 1.58 bits per heavy atom. The van der Waals surface area contributed by atoms with E-state index >= 15 is 0 Å². The summed E-state index contributed by atoms with van der Waals surface area (Å²) < 4.78 is 1.85. The minimum absolute atomic E-state index is 0.265. The van der Waals surface area contributed by atoms with E-state index in [2.05, 4.69) is 24.2 Å². The third kappa shape index (κ3) is 2.36. The third-order valence-electron chi connectivity index (χ3n) is 3.05. The van der Waals surface area contributed by atoms with E-state index in [0.29, 0.717) is 0 Å². The van der Waals surface area contributed by atoms with Gasteiger partial charge in [-0.15, -0.1) is 0 Å². The lowest BCUT2D eigenvalue weighted by Crippen LogP contribution is -1.94. The summed E-state index contributed by atoms with van der Waals surface area (Å²) in [5.41, 5.74) is 4.15. The molecular formula is C16H14N2O. The standard InChI is InChI=1S/C16H14N2O/c1-12-2-6-14(7-3-12)18-11-10-16(17-18)13-4-8-15(19)9-5-13/h2-11,19H,1H3. The summed E-state index contributed by atoms with van der Waals surface area (Å²) in [4.78, 5) is 0. The molecule has 0 bridgehead atoms. The SMILES string of the molecule is Cc1ccc(-n2ccc(-c3ccc(O)cc3)n2)cc1. The highest BCUT2D eigenvalue weighted by atomic mass is 16.3. The maximum Gasteiger partial charge on any atom is 0.115 e. The van der Waals surface area contributed by atoms with Gasteiger partial charge in [-0.25, -0.2) is 4.68 Å². The average molecular weight is 250 g/mol. The van der Waals surface area contributed by atoms with Gasteiger partial charge < -0.3 is 5.11 Å². The Balaban J connectivity index is 1.95. The first-order valence-electron chi connectivity index (χ1n) is 6.14. The number of phenolic OH excluding ortho intramolecular Hbond substituents is 1. The quantitative estimate of drug-likeness (QED) is 0.755. The number of phenols is 1. The Morgan fingerprint density at radius 1 is 0.895 bits per heavy atom. The molecule has 0 atom stereocenters. The summed E-state index contributed by atoms with van der Waals surface area (Å²) in [7, 11) is 0. The molecule has 19 heavy (non-hydrogen) atoms. The maximum atomic E-state index is 9.29. The number of benzene rings is 2. The minimum Gasteiger partial charge on any atom is -0.508 e. The van der Waals surface area contributed by atoms with E-state index in [1.54, 1.807) is 12.1 Å². The van der Waals surface area contributed by atoms with Crippen LogP contribution in [0.2, 0.25) is 0 Å². The van der Waals surface area contributed by atoms with Gasteiger partial charge in [-0.05, 0) is 49.4 Å². The molecule has 94 valence electrons. The van der Waals surface area contributed by atoms with Gasteiger partial charge >= 0.3 is 0 Å². The maximum absolute atomic E-state index is 9.29. The summed E-state index contributed by atoms with van der Waals surface area (Å²) in [5, 5.41) is 13.8. The molecule has 1 N–H and O–H groups in total.